The van der Waals surface area contributed by atoms with Crippen LogP contribution in [0.4, 0.5) is 27.3 Å². The van der Waals surface area contributed by atoms with Crippen molar-refractivity contribution in [1.29, 1.82) is 0 Å². The van der Waals surface area contributed by atoms with Crippen LogP contribution in [0, 0.1) is 11.2 Å². The fourth-order valence-corrected chi connectivity index (χ4v) is 6.29. The molecule has 2 saturated heterocycles. The Bertz CT molecular complexity index is 1660. The van der Waals surface area contributed by atoms with Gasteiger partial charge in [0.05, 0.1) is 30.0 Å². The number of aromatic nitrogens is 2. The van der Waals surface area contributed by atoms with Gasteiger partial charge in [0.25, 0.3) is 0 Å². The van der Waals surface area contributed by atoms with E-state index in [1.165, 1.54) is 19.5 Å². The minimum Gasteiger partial charge on any atom is -0.494 e. The first-order valence-corrected chi connectivity index (χ1v) is 16.6. The zero-order valence-corrected chi connectivity index (χ0v) is 29.9. The van der Waals surface area contributed by atoms with Gasteiger partial charge in [0, 0.05) is 36.8 Å². The monoisotopic (exact) mass is 698 g/mol. The first-order chi connectivity index (χ1) is 22.9. The number of likely N-dealkylation sites (tertiary alicyclic amines) is 1. The molecule has 2 aliphatic rings. The molecule has 49 heavy (non-hydrogen) atoms. The zero-order valence-electron chi connectivity index (χ0n) is 29.1. The number of rotatable bonds is 10. The van der Waals surface area contributed by atoms with Crippen molar-refractivity contribution in [2.45, 2.75) is 77.9 Å². The second kappa shape index (κ2) is 16.0. The number of anilines is 4. The van der Waals surface area contributed by atoms with Crippen LogP contribution in [0.1, 0.15) is 59.8 Å². The molecule has 3 heterocycles. The smallest absolute Gasteiger partial charge is 0.247 e. The molecule has 0 spiro atoms. The van der Waals surface area contributed by atoms with Gasteiger partial charge in [0.2, 0.25) is 17.7 Å². The molecule has 0 radical (unpaired) electrons. The number of hydrogen-bond acceptors (Lipinski definition) is 9. The third-order valence-corrected chi connectivity index (χ3v) is 9.19. The molecule has 1 aromatic heterocycles. The highest BCUT2D eigenvalue weighted by Crippen LogP contribution is 2.35. The zero-order chi connectivity index (χ0) is 34.6. The number of hydrogen-bond donors (Lipinski definition) is 4. The number of nitrogens with one attached hydrogen (secondary N) is 4. The van der Waals surface area contributed by atoms with Gasteiger partial charge in [-0.05, 0) is 75.8 Å². The number of fused-ring (bicyclic) bond motifs is 1. The van der Waals surface area contributed by atoms with Crippen molar-refractivity contribution in [2.24, 2.45) is 5.41 Å². The number of amides is 3. The Labute approximate surface area is 293 Å². The van der Waals surface area contributed by atoms with Crippen LogP contribution in [-0.2, 0) is 14.4 Å². The van der Waals surface area contributed by atoms with Crippen LogP contribution in [0.3, 0.4) is 0 Å². The van der Waals surface area contributed by atoms with Gasteiger partial charge < -0.3 is 35.8 Å². The maximum absolute atomic E-state index is 15.2. The maximum atomic E-state index is 15.2. The fourth-order valence-electron chi connectivity index (χ4n) is 6.29. The van der Waals surface area contributed by atoms with Gasteiger partial charge in [0.1, 0.15) is 35.8 Å². The third kappa shape index (κ3) is 8.50. The van der Waals surface area contributed by atoms with E-state index in [4.69, 9.17) is 4.74 Å². The van der Waals surface area contributed by atoms with E-state index >= 15 is 4.39 Å². The van der Waals surface area contributed by atoms with Crippen LogP contribution in [0.15, 0.2) is 36.7 Å². The molecule has 3 unspecified atom stereocenters. The first kappa shape index (κ1) is 37.6. The molecular formula is C35H48ClFN8O4. The van der Waals surface area contributed by atoms with E-state index < -0.39 is 23.5 Å². The molecule has 3 aromatic rings. The highest BCUT2D eigenvalue weighted by atomic mass is 35.5. The Kier molecular flexibility index (Phi) is 12.3. The van der Waals surface area contributed by atoms with Gasteiger partial charge in [-0.2, -0.15) is 0 Å². The van der Waals surface area contributed by atoms with E-state index in [2.05, 4.69) is 36.1 Å². The molecule has 0 bridgehead atoms. The van der Waals surface area contributed by atoms with Crippen molar-refractivity contribution in [3.05, 3.63) is 42.5 Å². The molecule has 5 rings (SSSR count). The summed E-state index contributed by atoms with van der Waals surface area (Å²) < 4.78 is 20.8. The van der Waals surface area contributed by atoms with Crippen LogP contribution in [0.25, 0.3) is 10.9 Å². The molecule has 0 aliphatic carbocycles. The van der Waals surface area contributed by atoms with Crippen LogP contribution >= 0.6 is 12.4 Å². The Balaban J connectivity index is 0.00000541. The van der Waals surface area contributed by atoms with Gasteiger partial charge in [-0.1, -0.05) is 20.8 Å². The molecule has 2 fully saturated rings. The SMILES string of the molecule is CNC(C)C(=O)NC(C(=O)N1CCCC1C(=O)Nc1cc2c(Nc3ccc(N4CCCCC4)c(F)c3)ncnc2cc1OC)C(C)(C)C.Cl. The van der Waals surface area contributed by atoms with Gasteiger partial charge in [-0.15, -0.1) is 12.4 Å². The molecule has 12 nitrogen and oxygen atoms in total. The van der Waals surface area contributed by atoms with Crippen LogP contribution in [-0.4, -0.2) is 84.5 Å². The second-order valence-corrected chi connectivity index (χ2v) is 13.6. The second-order valence-electron chi connectivity index (χ2n) is 13.6. The minimum atomic E-state index is -0.825. The summed E-state index contributed by atoms with van der Waals surface area (Å²) >= 11 is 0. The van der Waals surface area contributed by atoms with Gasteiger partial charge >= 0.3 is 0 Å². The minimum absolute atomic E-state index is 0. The lowest BCUT2D eigenvalue weighted by molar-refractivity contribution is -0.143. The van der Waals surface area contributed by atoms with Crippen molar-refractivity contribution < 1.29 is 23.5 Å². The number of halogens is 2. The van der Waals surface area contributed by atoms with Crippen molar-refractivity contribution in [2.75, 3.05) is 49.3 Å². The summed E-state index contributed by atoms with van der Waals surface area (Å²) in [6.45, 7) is 9.45. The summed E-state index contributed by atoms with van der Waals surface area (Å²) in [4.78, 5) is 52.9. The third-order valence-electron chi connectivity index (χ3n) is 9.19. The summed E-state index contributed by atoms with van der Waals surface area (Å²) in [6, 6.07) is 6.43. The van der Waals surface area contributed by atoms with Crippen molar-refractivity contribution in [3.8, 4) is 5.75 Å². The number of nitrogens with zero attached hydrogens (tertiary/aromatic N) is 4. The molecule has 14 heteroatoms. The molecule has 2 aliphatic heterocycles. The lowest BCUT2D eigenvalue weighted by atomic mass is 9.85. The van der Waals surface area contributed by atoms with E-state index in [0.29, 0.717) is 58.9 Å². The molecule has 3 amide bonds. The fraction of sp³-hybridized carbons (Fsp3) is 0.514. The van der Waals surface area contributed by atoms with E-state index in [9.17, 15) is 14.4 Å². The largest absolute Gasteiger partial charge is 0.494 e. The summed E-state index contributed by atoms with van der Waals surface area (Å²) in [5.74, 6) is -0.465. The van der Waals surface area contributed by atoms with E-state index in [0.717, 1.165) is 32.4 Å². The normalized spacial score (nSPS) is 17.6. The predicted molar refractivity (Wildman–Crippen MR) is 192 cm³/mol. The van der Waals surface area contributed by atoms with Crippen molar-refractivity contribution in [1.82, 2.24) is 25.5 Å². The van der Waals surface area contributed by atoms with Crippen LogP contribution in [0.5, 0.6) is 5.75 Å². The Morgan fingerprint density at radius 1 is 1.02 bits per heavy atom. The number of ether oxygens (including phenoxy) is 1. The predicted octanol–water partition coefficient (Wildman–Crippen LogP) is 5.00. The van der Waals surface area contributed by atoms with Gasteiger partial charge in [-0.3, -0.25) is 14.4 Å². The highest BCUT2D eigenvalue weighted by molar-refractivity contribution is 6.03. The number of likely N-dealkylation sites (N-methyl/N-ethyl adjacent to an activating group) is 1. The maximum Gasteiger partial charge on any atom is 0.247 e. The highest BCUT2D eigenvalue weighted by Gasteiger charge is 2.42. The first-order valence-electron chi connectivity index (χ1n) is 16.6. The summed E-state index contributed by atoms with van der Waals surface area (Å²) in [5.41, 5.74) is 1.46. The van der Waals surface area contributed by atoms with Gasteiger partial charge in [-0.25, -0.2) is 14.4 Å². The van der Waals surface area contributed by atoms with Crippen LogP contribution in [0.2, 0.25) is 0 Å². The summed E-state index contributed by atoms with van der Waals surface area (Å²) in [7, 11) is 3.18. The number of methoxy groups -OCH3 is 1. The molecular weight excluding hydrogens is 651 g/mol. The van der Waals surface area contributed by atoms with Gasteiger partial charge in [0.15, 0.2) is 0 Å². The molecule has 3 atom stereocenters. The van der Waals surface area contributed by atoms with Crippen LogP contribution < -0.4 is 30.9 Å². The average Bonchev–Trinajstić information content (AvgIpc) is 3.57. The van der Waals surface area contributed by atoms with Crippen molar-refractivity contribution in [3.63, 3.8) is 0 Å². The quantitative estimate of drug-likeness (QED) is 0.230. The summed E-state index contributed by atoms with van der Waals surface area (Å²) in [5, 5.41) is 12.6. The van der Waals surface area contributed by atoms with E-state index in [1.54, 1.807) is 37.1 Å². The van der Waals surface area contributed by atoms with E-state index in [-0.39, 0.29) is 35.9 Å². The summed E-state index contributed by atoms with van der Waals surface area (Å²) in [6.07, 6.45) is 5.79. The number of piperidine rings is 1. The Morgan fingerprint density at radius 2 is 1.76 bits per heavy atom. The lowest BCUT2D eigenvalue weighted by Gasteiger charge is -2.36. The average molecular weight is 699 g/mol. The standard InChI is InChI=1S/C35H47FN8O4.ClH/c1-21(37-5)32(45)42-30(35(2,3)4)34(47)44-16-10-11-28(44)33(46)41-26-18-23-25(19-29(26)48-6)38-20-39-31(23)40-22-12-13-27(24(36)17-22)43-14-8-7-9-15-43;/h12-13,17-21,28,30,37H,7-11,14-16H2,1-6H3,(H,41,46)(H,42,45)(H,38,39,40);1H. The molecule has 4 N–H and O–H groups in total. The number of carbonyl (C=O) groups is 3. The Morgan fingerprint density at radius 3 is 2.41 bits per heavy atom. The number of benzene rings is 2. The van der Waals surface area contributed by atoms with Crippen molar-refractivity contribution >= 4 is 63.9 Å². The molecule has 0 saturated carbocycles. The van der Waals surface area contributed by atoms with E-state index in [1.807, 2.05) is 26.8 Å². The topological polar surface area (TPSA) is 141 Å². The molecule has 266 valence electrons. The Hall–Kier alpha value is -4.23. The molecule has 2 aromatic carbocycles. The lowest BCUT2D eigenvalue weighted by Crippen LogP contribution is -2.59. The number of carbonyl (C=O) groups excluding carboxylic acids is 3.